The number of nitrogens with zero attached hydrogens (tertiary/aromatic N) is 3. The van der Waals surface area contributed by atoms with Crippen molar-refractivity contribution >= 4 is 16.5 Å². The number of pyridine rings is 1. The molecule has 2 aromatic heterocycles. The second-order valence-corrected chi connectivity index (χ2v) is 5.38. The quantitative estimate of drug-likeness (QED) is 0.916. The molecule has 0 aliphatic carbocycles. The van der Waals surface area contributed by atoms with Crippen molar-refractivity contribution in [2.75, 3.05) is 5.32 Å². The molecule has 2 heterocycles. The van der Waals surface area contributed by atoms with Gasteiger partial charge in [0.1, 0.15) is 0 Å². The summed E-state index contributed by atoms with van der Waals surface area (Å²) in [6, 6.07) is 3.51. The molecule has 5 nitrogen and oxygen atoms in total. The summed E-state index contributed by atoms with van der Waals surface area (Å²) in [7, 11) is 0. The minimum Gasteiger partial charge on any atom is -0.475 e. The fourth-order valence-corrected chi connectivity index (χ4v) is 2.07. The van der Waals surface area contributed by atoms with Gasteiger partial charge in [0.15, 0.2) is 0 Å². The van der Waals surface area contributed by atoms with Gasteiger partial charge < -0.3 is 10.1 Å². The zero-order valence-electron chi connectivity index (χ0n) is 11.3. The van der Waals surface area contributed by atoms with Crippen LogP contribution >= 0.6 is 11.3 Å². The zero-order valence-corrected chi connectivity index (χ0v) is 12.1. The minimum absolute atomic E-state index is 0.0444. The first-order valence-corrected chi connectivity index (χ1v) is 6.93. The Hall–Kier alpha value is -1.90. The Bertz CT molecular complexity index is 600. The zero-order chi connectivity index (χ0) is 15.5. The van der Waals surface area contributed by atoms with Crippen LogP contribution in [-0.4, -0.2) is 21.3 Å². The van der Waals surface area contributed by atoms with Crippen LogP contribution in [0, 0.1) is 0 Å². The van der Waals surface area contributed by atoms with Crippen molar-refractivity contribution in [2.24, 2.45) is 0 Å². The van der Waals surface area contributed by atoms with Crippen molar-refractivity contribution in [1.82, 2.24) is 15.2 Å². The minimum atomic E-state index is -4.47. The SMILES string of the molecule is CC(C)Oc1ncccc1CNc1nnc(C(F)(F)F)s1. The van der Waals surface area contributed by atoms with E-state index in [1.165, 1.54) is 0 Å². The van der Waals surface area contributed by atoms with E-state index in [-0.39, 0.29) is 17.8 Å². The molecule has 0 atom stereocenters. The van der Waals surface area contributed by atoms with Crippen LogP contribution in [0.5, 0.6) is 5.88 Å². The maximum absolute atomic E-state index is 12.4. The predicted molar refractivity (Wildman–Crippen MR) is 72.2 cm³/mol. The third-order valence-corrected chi connectivity index (χ3v) is 3.22. The van der Waals surface area contributed by atoms with Gasteiger partial charge in [0.05, 0.1) is 6.10 Å². The number of anilines is 1. The molecule has 2 rings (SSSR count). The Labute approximate surface area is 123 Å². The topological polar surface area (TPSA) is 59.9 Å². The van der Waals surface area contributed by atoms with Gasteiger partial charge in [-0.05, 0) is 19.9 Å². The molecule has 0 unspecified atom stereocenters. The summed E-state index contributed by atoms with van der Waals surface area (Å²) in [6.45, 7) is 3.99. The van der Waals surface area contributed by atoms with E-state index < -0.39 is 11.2 Å². The van der Waals surface area contributed by atoms with Gasteiger partial charge >= 0.3 is 6.18 Å². The standard InChI is InChI=1S/C12H13F3N4OS/c1-7(2)20-9-8(4-3-5-16-9)6-17-11-19-18-10(21-11)12(13,14)15/h3-5,7H,6H2,1-2H3,(H,17,19). The van der Waals surface area contributed by atoms with Crippen LogP contribution in [-0.2, 0) is 12.7 Å². The Morgan fingerprint density at radius 3 is 2.71 bits per heavy atom. The summed E-state index contributed by atoms with van der Waals surface area (Å²) in [4.78, 5) is 4.10. The number of aromatic nitrogens is 3. The molecule has 2 aromatic rings. The van der Waals surface area contributed by atoms with Crippen LogP contribution < -0.4 is 10.1 Å². The van der Waals surface area contributed by atoms with E-state index in [0.717, 1.165) is 5.56 Å². The van der Waals surface area contributed by atoms with E-state index in [1.807, 2.05) is 13.8 Å². The van der Waals surface area contributed by atoms with E-state index in [0.29, 0.717) is 17.2 Å². The number of rotatable bonds is 5. The molecule has 0 bridgehead atoms. The molecular weight excluding hydrogens is 305 g/mol. The Balaban J connectivity index is 2.05. The van der Waals surface area contributed by atoms with Gasteiger partial charge in [-0.1, -0.05) is 17.4 Å². The maximum Gasteiger partial charge on any atom is 0.445 e. The molecular formula is C12H13F3N4OS. The lowest BCUT2D eigenvalue weighted by molar-refractivity contribution is -0.138. The lowest BCUT2D eigenvalue weighted by Crippen LogP contribution is -2.10. The molecule has 0 saturated carbocycles. The predicted octanol–water partition coefficient (Wildman–Crippen LogP) is 3.35. The maximum atomic E-state index is 12.4. The van der Waals surface area contributed by atoms with Gasteiger partial charge in [-0.3, -0.25) is 0 Å². The highest BCUT2D eigenvalue weighted by molar-refractivity contribution is 7.15. The van der Waals surface area contributed by atoms with Crippen molar-refractivity contribution in [2.45, 2.75) is 32.7 Å². The molecule has 0 aromatic carbocycles. The fraction of sp³-hybridized carbons (Fsp3) is 0.417. The largest absolute Gasteiger partial charge is 0.475 e. The number of alkyl halides is 3. The van der Waals surface area contributed by atoms with E-state index in [2.05, 4.69) is 20.5 Å². The first-order chi connectivity index (χ1) is 9.86. The first-order valence-electron chi connectivity index (χ1n) is 6.11. The number of halogens is 3. The summed E-state index contributed by atoms with van der Waals surface area (Å²) < 4.78 is 42.8. The normalized spacial score (nSPS) is 11.7. The summed E-state index contributed by atoms with van der Waals surface area (Å²) in [5, 5.41) is 8.48. The fourth-order valence-electron chi connectivity index (χ4n) is 1.47. The molecule has 114 valence electrons. The Morgan fingerprint density at radius 1 is 1.33 bits per heavy atom. The van der Waals surface area contributed by atoms with Crippen molar-refractivity contribution in [3.63, 3.8) is 0 Å². The number of ether oxygens (including phenoxy) is 1. The van der Waals surface area contributed by atoms with Crippen LogP contribution in [0.2, 0.25) is 0 Å². The average molecular weight is 318 g/mol. The first kappa shape index (κ1) is 15.5. The van der Waals surface area contributed by atoms with E-state index in [1.54, 1.807) is 18.3 Å². The number of hydrogen-bond donors (Lipinski definition) is 1. The lowest BCUT2D eigenvalue weighted by Gasteiger charge is -2.12. The second-order valence-electron chi connectivity index (χ2n) is 4.40. The number of nitrogens with one attached hydrogen (secondary N) is 1. The molecule has 21 heavy (non-hydrogen) atoms. The monoisotopic (exact) mass is 318 g/mol. The van der Waals surface area contributed by atoms with Gasteiger partial charge in [0, 0.05) is 18.3 Å². The van der Waals surface area contributed by atoms with Crippen LogP contribution in [0.3, 0.4) is 0 Å². The van der Waals surface area contributed by atoms with Crippen LogP contribution in [0.4, 0.5) is 18.3 Å². The molecule has 0 aliphatic heterocycles. The van der Waals surface area contributed by atoms with Crippen LogP contribution in [0.15, 0.2) is 18.3 Å². The van der Waals surface area contributed by atoms with Crippen molar-refractivity contribution < 1.29 is 17.9 Å². The Morgan fingerprint density at radius 2 is 2.10 bits per heavy atom. The van der Waals surface area contributed by atoms with Gasteiger partial charge in [-0.15, -0.1) is 10.2 Å². The molecule has 9 heteroatoms. The average Bonchev–Trinajstić information content (AvgIpc) is 2.86. The number of hydrogen-bond acceptors (Lipinski definition) is 6. The third-order valence-electron chi connectivity index (χ3n) is 2.29. The molecule has 0 amide bonds. The third kappa shape index (κ3) is 4.28. The summed E-state index contributed by atoms with van der Waals surface area (Å²) in [5.74, 6) is 0.445. The summed E-state index contributed by atoms with van der Waals surface area (Å²) in [6.07, 6.45) is -2.93. The Kier molecular flexibility index (Phi) is 4.61. The van der Waals surface area contributed by atoms with Crippen LogP contribution in [0.25, 0.3) is 0 Å². The highest BCUT2D eigenvalue weighted by Gasteiger charge is 2.35. The highest BCUT2D eigenvalue weighted by Crippen LogP contribution is 2.33. The molecule has 1 N–H and O–H groups in total. The molecule has 0 fully saturated rings. The molecule has 0 saturated heterocycles. The molecule has 0 radical (unpaired) electrons. The van der Waals surface area contributed by atoms with Crippen molar-refractivity contribution in [1.29, 1.82) is 0 Å². The smallest absolute Gasteiger partial charge is 0.445 e. The van der Waals surface area contributed by atoms with Gasteiger partial charge in [-0.25, -0.2) is 4.98 Å². The van der Waals surface area contributed by atoms with Crippen molar-refractivity contribution in [3.8, 4) is 5.88 Å². The summed E-state index contributed by atoms with van der Waals surface area (Å²) >= 11 is 0.459. The van der Waals surface area contributed by atoms with E-state index in [9.17, 15) is 13.2 Å². The van der Waals surface area contributed by atoms with Crippen LogP contribution in [0.1, 0.15) is 24.4 Å². The van der Waals surface area contributed by atoms with Gasteiger partial charge in [0.2, 0.25) is 16.0 Å². The molecule has 0 aliphatic rings. The second kappa shape index (κ2) is 6.25. The molecule has 0 spiro atoms. The lowest BCUT2D eigenvalue weighted by atomic mass is 10.2. The van der Waals surface area contributed by atoms with E-state index in [4.69, 9.17) is 4.74 Å². The van der Waals surface area contributed by atoms with Gasteiger partial charge in [-0.2, -0.15) is 13.2 Å². The summed E-state index contributed by atoms with van der Waals surface area (Å²) in [5.41, 5.74) is 0.731. The van der Waals surface area contributed by atoms with Crippen molar-refractivity contribution in [3.05, 3.63) is 28.9 Å². The van der Waals surface area contributed by atoms with Gasteiger partial charge in [0.25, 0.3) is 0 Å². The van der Waals surface area contributed by atoms with E-state index >= 15 is 0 Å². The highest BCUT2D eigenvalue weighted by atomic mass is 32.1.